The number of allylic oxidation sites excluding steroid dienone is 1. The second-order valence-corrected chi connectivity index (χ2v) is 8.10. The molecule has 2 heterocycles. The van der Waals surface area contributed by atoms with Gasteiger partial charge in [0.2, 0.25) is 0 Å². The number of carbonyl (C=O) groups excluding carboxylic acids is 3. The molecule has 3 rings (SSSR count). The lowest BCUT2D eigenvalue weighted by molar-refractivity contribution is 0.0531. The maximum atomic E-state index is 12.8. The van der Waals surface area contributed by atoms with Crippen molar-refractivity contribution >= 4 is 34.2 Å². The number of amides is 1. The smallest absolute Gasteiger partial charge is 0.348 e. The van der Waals surface area contributed by atoms with Gasteiger partial charge in [-0.1, -0.05) is 24.3 Å². The number of para-hydroxylation sites is 1. The zero-order valence-corrected chi connectivity index (χ0v) is 20.0. The van der Waals surface area contributed by atoms with Gasteiger partial charge in [0, 0.05) is 0 Å². The lowest BCUT2D eigenvalue weighted by atomic mass is 10.1. The van der Waals surface area contributed by atoms with Crippen LogP contribution >= 0.6 is 11.3 Å². The van der Waals surface area contributed by atoms with Gasteiger partial charge in [0.15, 0.2) is 5.76 Å². The molecule has 0 fully saturated rings. The van der Waals surface area contributed by atoms with E-state index >= 15 is 0 Å². The molecule has 1 amide bonds. The van der Waals surface area contributed by atoms with Gasteiger partial charge in [-0.05, 0) is 49.6 Å². The maximum Gasteiger partial charge on any atom is 0.348 e. The van der Waals surface area contributed by atoms with Gasteiger partial charge < -0.3 is 23.9 Å². The van der Waals surface area contributed by atoms with Crippen molar-refractivity contribution in [3.8, 4) is 5.75 Å². The Hall–Kier alpha value is -3.85. The number of hydrogen-bond donors (Lipinski definition) is 1. The third-order valence-corrected chi connectivity index (χ3v) is 6.00. The second kappa shape index (κ2) is 11.3. The first kappa shape index (κ1) is 24.8. The average molecular weight is 484 g/mol. The van der Waals surface area contributed by atoms with Crippen LogP contribution in [0.15, 0.2) is 53.5 Å². The Morgan fingerprint density at radius 3 is 2.62 bits per heavy atom. The molecule has 0 radical (unpaired) electrons. The van der Waals surface area contributed by atoms with Crippen molar-refractivity contribution in [2.45, 2.75) is 26.9 Å². The third kappa shape index (κ3) is 5.55. The lowest BCUT2D eigenvalue weighted by Crippen LogP contribution is -2.13. The van der Waals surface area contributed by atoms with Crippen LogP contribution in [0.4, 0.5) is 5.00 Å². The summed E-state index contributed by atoms with van der Waals surface area (Å²) in [5.41, 5.74) is 1.46. The van der Waals surface area contributed by atoms with E-state index in [4.69, 9.17) is 18.6 Å². The van der Waals surface area contributed by atoms with Crippen molar-refractivity contribution in [3.05, 3.63) is 82.1 Å². The fraction of sp³-hybridized carbons (Fsp3) is 0.240. The van der Waals surface area contributed by atoms with Gasteiger partial charge in [0.1, 0.15) is 28.0 Å². The Kier molecular flexibility index (Phi) is 8.26. The summed E-state index contributed by atoms with van der Waals surface area (Å²) < 4.78 is 21.3. The normalized spacial score (nSPS) is 10.4. The standard InChI is InChI=1S/C25H25NO7S/c1-5-9-16-10-7-8-11-18(16)32-14-17-12-13-19(33-17)22(27)26-23-20(24(28)30-4)15(3)21(34-23)25(29)31-6-2/h5,7-8,10-13H,1,6,9,14H2,2-4H3,(H,26,27). The predicted molar refractivity (Wildman–Crippen MR) is 128 cm³/mol. The molecule has 1 aromatic carbocycles. The molecule has 8 nitrogen and oxygen atoms in total. The minimum Gasteiger partial charge on any atom is -0.485 e. The van der Waals surface area contributed by atoms with Crippen LogP contribution in [0, 0.1) is 6.92 Å². The van der Waals surface area contributed by atoms with Gasteiger partial charge in [-0.2, -0.15) is 0 Å². The SMILES string of the molecule is C=CCc1ccccc1OCc1ccc(C(=O)Nc2sc(C(=O)OCC)c(C)c2C(=O)OC)o1. The highest BCUT2D eigenvalue weighted by molar-refractivity contribution is 7.18. The minimum atomic E-state index is -0.675. The zero-order chi connectivity index (χ0) is 24.7. The summed E-state index contributed by atoms with van der Waals surface area (Å²) in [6, 6.07) is 10.7. The topological polar surface area (TPSA) is 104 Å². The van der Waals surface area contributed by atoms with Crippen LogP contribution in [-0.2, 0) is 22.5 Å². The van der Waals surface area contributed by atoms with E-state index in [0.29, 0.717) is 23.5 Å². The number of furan rings is 1. The lowest BCUT2D eigenvalue weighted by Gasteiger charge is -2.09. The number of esters is 2. The van der Waals surface area contributed by atoms with Gasteiger partial charge >= 0.3 is 11.9 Å². The molecule has 0 aliphatic heterocycles. The molecule has 0 saturated heterocycles. The zero-order valence-electron chi connectivity index (χ0n) is 19.1. The van der Waals surface area contributed by atoms with Crippen LogP contribution < -0.4 is 10.1 Å². The first-order chi connectivity index (χ1) is 16.4. The molecule has 0 aliphatic carbocycles. The number of thiophene rings is 1. The highest BCUT2D eigenvalue weighted by atomic mass is 32.1. The highest BCUT2D eigenvalue weighted by Gasteiger charge is 2.27. The van der Waals surface area contributed by atoms with Crippen LogP contribution in [-0.4, -0.2) is 31.6 Å². The molecule has 3 aromatic rings. The predicted octanol–water partition coefficient (Wildman–Crippen LogP) is 5.17. The molecular weight excluding hydrogens is 458 g/mol. The van der Waals surface area contributed by atoms with Crippen molar-refractivity contribution in [2.24, 2.45) is 0 Å². The third-order valence-electron chi connectivity index (χ3n) is 4.82. The number of ether oxygens (including phenoxy) is 3. The first-order valence-electron chi connectivity index (χ1n) is 10.5. The van der Waals surface area contributed by atoms with Crippen LogP contribution in [0.1, 0.15) is 54.4 Å². The van der Waals surface area contributed by atoms with E-state index in [1.165, 1.54) is 13.2 Å². The molecule has 0 saturated carbocycles. The average Bonchev–Trinajstić information content (AvgIpc) is 3.43. The van der Waals surface area contributed by atoms with E-state index in [9.17, 15) is 14.4 Å². The Bertz CT molecular complexity index is 1210. The first-order valence-corrected chi connectivity index (χ1v) is 11.3. The minimum absolute atomic E-state index is 0.0255. The van der Waals surface area contributed by atoms with E-state index in [1.54, 1.807) is 26.0 Å². The molecule has 2 aromatic heterocycles. The van der Waals surface area contributed by atoms with E-state index in [-0.39, 0.29) is 34.4 Å². The number of nitrogens with one attached hydrogen (secondary N) is 1. The van der Waals surface area contributed by atoms with Crippen molar-refractivity contribution in [3.63, 3.8) is 0 Å². The van der Waals surface area contributed by atoms with Gasteiger partial charge in [0.25, 0.3) is 5.91 Å². The van der Waals surface area contributed by atoms with Crippen molar-refractivity contribution in [1.29, 1.82) is 0 Å². The fourth-order valence-electron chi connectivity index (χ4n) is 3.20. The van der Waals surface area contributed by atoms with Crippen LogP contribution in [0.3, 0.4) is 0 Å². The second-order valence-electron chi connectivity index (χ2n) is 7.08. The van der Waals surface area contributed by atoms with Crippen LogP contribution in [0.5, 0.6) is 5.75 Å². The van der Waals surface area contributed by atoms with Gasteiger partial charge in [0.05, 0.1) is 19.3 Å². The summed E-state index contributed by atoms with van der Waals surface area (Å²) in [4.78, 5) is 37.6. The number of hydrogen-bond acceptors (Lipinski definition) is 8. The van der Waals surface area contributed by atoms with E-state index in [2.05, 4.69) is 11.9 Å². The summed E-state index contributed by atoms with van der Waals surface area (Å²) in [6.07, 6.45) is 2.46. The largest absolute Gasteiger partial charge is 0.485 e. The molecule has 0 unspecified atom stereocenters. The Morgan fingerprint density at radius 2 is 1.91 bits per heavy atom. The van der Waals surface area contributed by atoms with Gasteiger partial charge in [-0.25, -0.2) is 9.59 Å². The molecular formula is C25H25NO7S. The molecule has 178 valence electrons. The van der Waals surface area contributed by atoms with Gasteiger partial charge in [-0.3, -0.25) is 4.79 Å². The Morgan fingerprint density at radius 1 is 1.15 bits per heavy atom. The quantitative estimate of drug-likeness (QED) is 0.313. The van der Waals surface area contributed by atoms with Crippen molar-refractivity contribution in [2.75, 3.05) is 19.0 Å². The molecule has 0 spiro atoms. The van der Waals surface area contributed by atoms with Crippen LogP contribution in [0.2, 0.25) is 0 Å². The monoisotopic (exact) mass is 483 g/mol. The molecule has 0 atom stereocenters. The fourth-order valence-corrected chi connectivity index (χ4v) is 4.28. The maximum absolute atomic E-state index is 12.8. The number of anilines is 1. The molecule has 0 aliphatic rings. The van der Waals surface area contributed by atoms with Crippen LogP contribution in [0.25, 0.3) is 0 Å². The highest BCUT2D eigenvalue weighted by Crippen LogP contribution is 2.34. The summed E-state index contributed by atoms with van der Waals surface area (Å²) in [5.74, 6) is -0.664. The molecule has 9 heteroatoms. The Balaban J connectivity index is 1.76. The van der Waals surface area contributed by atoms with E-state index < -0.39 is 17.8 Å². The van der Waals surface area contributed by atoms with Crippen molar-refractivity contribution < 1.29 is 33.0 Å². The number of carbonyl (C=O) groups is 3. The molecule has 34 heavy (non-hydrogen) atoms. The number of methoxy groups -OCH3 is 1. The molecule has 0 bridgehead atoms. The van der Waals surface area contributed by atoms with Crippen molar-refractivity contribution in [1.82, 2.24) is 0 Å². The van der Waals surface area contributed by atoms with Gasteiger partial charge in [-0.15, -0.1) is 17.9 Å². The number of benzene rings is 1. The summed E-state index contributed by atoms with van der Waals surface area (Å²) in [6.45, 7) is 7.33. The summed E-state index contributed by atoms with van der Waals surface area (Å²) >= 11 is 0.940. The number of rotatable bonds is 10. The molecule has 1 N–H and O–H groups in total. The summed E-state index contributed by atoms with van der Waals surface area (Å²) in [5, 5.41) is 2.81. The van der Waals surface area contributed by atoms with E-state index in [1.807, 2.05) is 24.3 Å². The van der Waals surface area contributed by atoms with E-state index in [0.717, 1.165) is 16.9 Å². The Labute approximate surface area is 201 Å². The summed E-state index contributed by atoms with van der Waals surface area (Å²) in [7, 11) is 1.22.